The molecule has 6 heteroatoms. The number of carbonyl (C=O) groups is 1. The van der Waals surface area contributed by atoms with Crippen LogP contribution in [-0.2, 0) is 14.3 Å². The van der Waals surface area contributed by atoms with Crippen molar-refractivity contribution in [2.75, 3.05) is 46.1 Å². The van der Waals surface area contributed by atoms with Crippen LogP contribution in [0.25, 0.3) is 0 Å². The molecule has 0 aromatic heterocycles. The molecule has 0 aliphatic carbocycles. The standard InChI is InChI=1S/C13H29N3O3/c1-4-18-10-8-16(9-11-19-5-2)7-6-13(3,15)12(14)17/h4-11,15H2,1-3H3,(H2,14,17). The Morgan fingerprint density at radius 2 is 1.58 bits per heavy atom. The third-order valence-corrected chi connectivity index (χ3v) is 3.02. The molecule has 0 aliphatic heterocycles. The van der Waals surface area contributed by atoms with Crippen LogP contribution in [0.5, 0.6) is 0 Å². The maximum Gasteiger partial charge on any atom is 0.237 e. The normalized spacial score (nSPS) is 14.6. The van der Waals surface area contributed by atoms with Gasteiger partial charge < -0.3 is 20.9 Å². The molecular formula is C13H29N3O3. The van der Waals surface area contributed by atoms with E-state index in [2.05, 4.69) is 4.90 Å². The van der Waals surface area contributed by atoms with Crippen molar-refractivity contribution in [3.8, 4) is 0 Å². The van der Waals surface area contributed by atoms with Crippen LogP contribution in [0.1, 0.15) is 27.2 Å². The number of carbonyl (C=O) groups excluding carboxylic acids is 1. The van der Waals surface area contributed by atoms with Gasteiger partial charge in [-0.25, -0.2) is 0 Å². The Labute approximate surface area is 116 Å². The van der Waals surface area contributed by atoms with Crippen molar-refractivity contribution >= 4 is 5.91 Å². The highest BCUT2D eigenvalue weighted by atomic mass is 16.5. The number of ether oxygens (including phenoxy) is 2. The predicted molar refractivity (Wildman–Crippen MR) is 75.8 cm³/mol. The molecule has 0 saturated carbocycles. The summed E-state index contributed by atoms with van der Waals surface area (Å²) in [6, 6.07) is 0. The van der Waals surface area contributed by atoms with Gasteiger partial charge in [-0.2, -0.15) is 0 Å². The van der Waals surface area contributed by atoms with Crippen molar-refractivity contribution < 1.29 is 14.3 Å². The van der Waals surface area contributed by atoms with Crippen LogP contribution >= 0.6 is 0 Å². The Balaban J connectivity index is 4.12. The van der Waals surface area contributed by atoms with Crippen molar-refractivity contribution in [1.29, 1.82) is 0 Å². The molecule has 0 aromatic carbocycles. The van der Waals surface area contributed by atoms with Gasteiger partial charge in [-0.15, -0.1) is 0 Å². The summed E-state index contributed by atoms with van der Waals surface area (Å²) < 4.78 is 10.7. The second-order valence-electron chi connectivity index (χ2n) is 4.77. The zero-order valence-corrected chi connectivity index (χ0v) is 12.5. The van der Waals surface area contributed by atoms with E-state index >= 15 is 0 Å². The minimum Gasteiger partial charge on any atom is -0.380 e. The molecule has 0 saturated heterocycles. The zero-order chi connectivity index (χ0) is 14.7. The zero-order valence-electron chi connectivity index (χ0n) is 12.5. The first-order valence-electron chi connectivity index (χ1n) is 6.90. The van der Waals surface area contributed by atoms with Crippen LogP contribution in [0.3, 0.4) is 0 Å². The van der Waals surface area contributed by atoms with Gasteiger partial charge >= 0.3 is 0 Å². The van der Waals surface area contributed by atoms with E-state index < -0.39 is 11.4 Å². The van der Waals surface area contributed by atoms with E-state index in [0.29, 0.717) is 39.4 Å². The van der Waals surface area contributed by atoms with Crippen molar-refractivity contribution in [2.24, 2.45) is 11.5 Å². The first-order valence-corrected chi connectivity index (χ1v) is 6.90. The summed E-state index contributed by atoms with van der Waals surface area (Å²) in [7, 11) is 0. The van der Waals surface area contributed by atoms with E-state index in [4.69, 9.17) is 20.9 Å². The Hall–Kier alpha value is -0.690. The molecule has 0 fully saturated rings. The van der Waals surface area contributed by atoms with Gasteiger partial charge in [-0.3, -0.25) is 9.69 Å². The van der Waals surface area contributed by atoms with Gasteiger partial charge in [0.15, 0.2) is 0 Å². The number of primary amides is 1. The highest BCUT2D eigenvalue weighted by molar-refractivity contribution is 5.83. The molecule has 0 radical (unpaired) electrons. The number of nitrogens with two attached hydrogens (primary N) is 2. The predicted octanol–water partition coefficient (Wildman–Crippen LogP) is -0.0458. The van der Waals surface area contributed by atoms with Gasteiger partial charge in [-0.05, 0) is 27.2 Å². The summed E-state index contributed by atoms with van der Waals surface area (Å²) in [5, 5.41) is 0. The van der Waals surface area contributed by atoms with Crippen LogP contribution in [0.2, 0.25) is 0 Å². The fourth-order valence-electron chi connectivity index (χ4n) is 1.52. The smallest absolute Gasteiger partial charge is 0.237 e. The molecule has 6 nitrogen and oxygen atoms in total. The highest BCUT2D eigenvalue weighted by Crippen LogP contribution is 2.06. The van der Waals surface area contributed by atoms with E-state index in [-0.39, 0.29) is 0 Å². The molecule has 0 heterocycles. The lowest BCUT2D eigenvalue weighted by Crippen LogP contribution is -2.51. The van der Waals surface area contributed by atoms with Crippen molar-refractivity contribution in [2.45, 2.75) is 32.7 Å². The Morgan fingerprint density at radius 1 is 1.11 bits per heavy atom. The Morgan fingerprint density at radius 3 is 1.95 bits per heavy atom. The van der Waals surface area contributed by atoms with Crippen LogP contribution in [0.4, 0.5) is 0 Å². The maximum atomic E-state index is 11.2. The summed E-state index contributed by atoms with van der Waals surface area (Å²) >= 11 is 0. The van der Waals surface area contributed by atoms with E-state index in [0.717, 1.165) is 13.1 Å². The summed E-state index contributed by atoms with van der Waals surface area (Å²) in [5.41, 5.74) is 10.2. The fraction of sp³-hybridized carbons (Fsp3) is 0.923. The number of hydrogen-bond acceptors (Lipinski definition) is 5. The lowest BCUT2D eigenvalue weighted by atomic mass is 9.98. The van der Waals surface area contributed by atoms with Crippen LogP contribution in [0.15, 0.2) is 0 Å². The summed E-state index contributed by atoms with van der Waals surface area (Å²) in [6.45, 7) is 10.6. The van der Waals surface area contributed by atoms with Gasteiger partial charge in [0.2, 0.25) is 5.91 Å². The number of hydrogen-bond donors (Lipinski definition) is 2. The molecule has 114 valence electrons. The Kier molecular flexibility index (Phi) is 9.77. The van der Waals surface area contributed by atoms with Crippen molar-refractivity contribution in [3.63, 3.8) is 0 Å². The lowest BCUT2D eigenvalue weighted by Gasteiger charge is -2.27. The van der Waals surface area contributed by atoms with E-state index in [1.54, 1.807) is 6.92 Å². The summed E-state index contributed by atoms with van der Waals surface area (Å²) in [4.78, 5) is 13.4. The first-order chi connectivity index (χ1) is 8.94. The second kappa shape index (κ2) is 10.1. The summed E-state index contributed by atoms with van der Waals surface area (Å²) in [6.07, 6.45) is 0.528. The quantitative estimate of drug-likeness (QED) is 0.487. The van der Waals surface area contributed by atoms with Gasteiger partial charge in [0.25, 0.3) is 0 Å². The van der Waals surface area contributed by atoms with Crippen molar-refractivity contribution in [3.05, 3.63) is 0 Å². The average molecular weight is 275 g/mol. The van der Waals surface area contributed by atoms with Gasteiger partial charge in [0.05, 0.1) is 18.8 Å². The molecule has 4 N–H and O–H groups in total. The second-order valence-corrected chi connectivity index (χ2v) is 4.77. The fourth-order valence-corrected chi connectivity index (χ4v) is 1.52. The number of nitrogens with zero attached hydrogens (tertiary/aromatic N) is 1. The molecule has 0 aliphatic rings. The van der Waals surface area contributed by atoms with E-state index in [1.807, 2.05) is 13.8 Å². The van der Waals surface area contributed by atoms with Crippen LogP contribution in [-0.4, -0.2) is 62.4 Å². The molecule has 0 aromatic rings. The van der Waals surface area contributed by atoms with Gasteiger partial charge in [-0.1, -0.05) is 0 Å². The van der Waals surface area contributed by atoms with Crippen LogP contribution in [0, 0.1) is 0 Å². The molecular weight excluding hydrogens is 246 g/mol. The lowest BCUT2D eigenvalue weighted by molar-refractivity contribution is -0.122. The average Bonchev–Trinajstić information content (AvgIpc) is 2.35. The molecule has 1 unspecified atom stereocenters. The molecule has 0 spiro atoms. The third-order valence-electron chi connectivity index (χ3n) is 3.02. The SMILES string of the molecule is CCOCCN(CCOCC)CCC(C)(N)C(N)=O. The molecule has 0 rings (SSSR count). The summed E-state index contributed by atoms with van der Waals surface area (Å²) in [5.74, 6) is -0.470. The topological polar surface area (TPSA) is 90.8 Å². The highest BCUT2D eigenvalue weighted by Gasteiger charge is 2.25. The third kappa shape index (κ3) is 8.93. The molecule has 19 heavy (non-hydrogen) atoms. The van der Waals surface area contributed by atoms with E-state index in [1.165, 1.54) is 0 Å². The Bertz CT molecular complexity index is 237. The largest absolute Gasteiger partial charge is 0.380 e. The van der Waals surface area contributed by atoms with E-state index in [9.17, 15) is 4.79 Å². The first kappa shape index (κ1) is 18.3. The maximum absolute atomic E-state index is 11.2. The number of amides is 1. The number of rotatable bonds is 12. The van der Waals surface area contributed by atoms with Gasteiger partial charge in [0, 0.05) is 32.8 Å². The molecule has 1 atom stereocenters. The van der Waals surface area contributed by atoms with Crippen LogP contribution < -0.4 is 11.5 Å². The minimum atomic E-state index is -0.963. The monoisotopic (exact) mass is 275 g/mol. The minimum absolute atomic E-state index is 0.470. The van der Waals surface area contributed by atoms with Gasteiger partial charge in [0.1, 0.15) is 0 Å². The van der Waals surface area contributed by atoms with Crippen molar-refractivity contribution in [1.82, 2.24) is 4.90 Å². The molecule has 1 amide bonds. The molecule has 0 bridgehead atoms.